The Labute approximate surface area is 143 Å². The second-order valence-corrected chi connectivity index (χ2v) is 8.73. The van der Waals surface area contributed by atoms with E-state index in [0.29, 0.717) is 17.6 Å². The van der Waals surface area contributed by atoms with E-state index in [1.54, 1.807) is 11.8 Å². The molecule has 120 valence electrons. The summed E-state index contributed by atoms with van der Waals surface area (Å²) in [5.41, 5.74) is 0.766. The number of Topliss-reactive ketones (excluding diaryl/α,β-unsaturated/α-hetero) is 1. The van der Waals surface area contributed by atoms with Gasteiger partial charge in [-0.25, -0.2) is 0 Å². The number of aliphatic carboxylic acids is 1. The number of benzene rings is 1. The van der Waals surface area contributed by atoms with Crippen molar-refractivity contribution >= 4 is 39.4 Å². The second kappa shape index (κ2) is 6.72. The minimum atomic E-state index is -1.04. The van der Waals surface area contributed by atoms with Gasteiger partial charge in [-0.3, -0.25) is 4.79 Å². The van der Waals surface area contributed by atoms with Gasteiger partial charge in [-0.15, -0.1) is 11.8 Å². The number of rotatable bonds is 5. The molecule has 2 unspecified atom stereocenters. The summed E-state index contributed by atoms with van der Waals surface area (Å²) in [6.45, 7) is 3.16. The molecular formula is C16H20BrNO3S. The van der Waals surface area contributed by atoms with Crippen LogP contribution in [0.5, 0.6) is 0 Å². The number of quaternary nitrogens is 1. The first kappa shape index (κ1) is 17.5. The number of carbonyl (C=O) groups is 2. The third-order valence-corrected chi connectivity index (χ3v) is 5.84. The van der Waals surface area contributed by atoms with Gasteiger partial charge in [0.15, 0.2) is 5.78 Å². The first-order chi connectivity index (χ1) is 10.2. The maximum Gasteiger partial charge on any atom is 0.173 e. The number of nitrogens with zero attached hydrogens (tertiary/aromatic N) is 1. The Morgan fingerprint density at radius 3 is 2.73 bits per heavy atom. The molecule has 0 saturated heterocycles. The van der Waals surface area contributed by atoms with Crippen LogP contribution in [0.3, 0.4) is 0 Å². The lowest BCUT2D eigenvalue weighted by atomic mass is 9.93. The minimum Gasteiger partial charge on any atom is -0.550 e. The maximum absolute atomic E-state index is 12.8. The van der Waals surface area contributed by atoms with Gasteiger partial charge in [0.1, 0.15) is 0 Å². The molecule has 6 heteroatoms. The monoisotopic (exact) mass is 385 g/mol. The molecule has 2 rings (SSSR count). The van der Waals surface area contributed by atoms with Crippen LogP contribution in [0.25, 0.3) is 0 Å². The number of ketones is 1. The fourth-order valence-corrected chi connectivity index (χ4v) is 4.31. The lowest BCUT2D eigenvalue weighted by molar-refractivity contribution is -0.892. The van der Waals surface area contributed by atoms with E-state index >= 15 is 0 Å². The zero-order chi connectivity index (χ0) is 16.5. The van der Waals surface area contributed by atoms with Crippen molar-refractivity contribution in [1.82, 2.24) is 0 Å². The largest absolute Gasteiger partial charge is 0.550 e. The summed E-state index contributed by atoms with van der Waals surface area (Å²) in [5, 5.41) is 10.9. The van der Waals surface area contributed by atoms with Crippen molar-refractivity contribution in [3.05, 3.63) is 28.2 Å². The number of hydrogen-bond donors (Lipinski definition) is 0. The van der Waals surface area contributed by atoms with Crippen LogP contribution in [0.2, 0.25) is 0 Å². The molecule has 0 radical (unpaired) electrons. The van der Waals surface area contributed by atoms with Gasteiger partial charge in [0, 0.05) is 32.6 Å². The molecule has 1 aromatic rings. The lowest BCUT2D eigenvalue weighted by Gasteiger charge is -2.37. The molecule has 0 fully saturated rings. The topological polar surface area (TPSA) is 57.2 Å². The molecule has 1 heterocycles. The molecule has 0 amide bonds. The van der Waals surface area contributed by atoms with E-state index in [-0.39, 0.29) is 23.4 Å². The first-order valence-corrected chi connectivity index (χ1v) is 8.89. The van der Waals surface area contributed by atoms with E-state index in [1.807, 2.05) is 32.3 Å². The van der Waals surface area contributed by atoms with E-state index in [4.69, 9.17) is 0 Å². The van der Waals surface area contributed by atoms with Gasteiger partial charge >= 0.3 is 0 Å². The molecular weight excluding hydrogens is 366 g/mol. The summed E-state index contributed by atoms with van der Waals surface area (Å²) < 4.78 is 1.40. The Morgan fingerprint density at radius 2 is 2.09 bits per heavy atom. The van der Waals surface area contributed by atoms with Crippen LogP contribution in [-0.2, 0) is 4.79 Å². The molecule has 1 aliphatic heterocycles. The summed E-state index contributed by atoms with van der Waals surface area (Å²) >= 11 is 5.13. The molecule has 1 aromatic carbocycles. The van der Waals surface area contributed by atoms with Crippen LogP contribution in [0.1, 0.15) is 23.7 Å². The molecule has 4 nitrogen and oxygen atoms in total. The molecule has 0 bridgehead atoms. The standard InChI is InChI=1S/C16H20BrNO3S/c1-10-13(9-18(2,3)7-6-15(19)20)16(21)12-8-11(17)4-5-14(12)22-10/h4-5,8,10,13H,6-7,9H2,1-3H3. The number of fused-ring (bicyclic) bond motifs is 1. The highest BCUT2D eigenvalue weighted by molar-refractivity contribution is 9.10. The molecule has 0 spiro atoms. The van der Waals surface area contributed by atoms with Crippen molar-refractivity contribution in [2.24, 2.45) is 5.92 Å². The summed E-state index contributed by atoms with van der Waals surface area (Å²) in [5.74, 6) is -0.997. The number of carboxylic acids is 1. The highest BCUT2D eigenvalue weighted by Gasteiger charge is 2.38. The van der Waals surface area contributed by atoms with Crippen molar-refractivity contribution in [1.29, 1.82) is 0 Å². The summed E-state index contributed by atoms with van der Waals surface area (Å²) in [6.07, 6.45) is 0.0115. The average molecular weight is 386 g/mol. The SMILES string of the molecule is CC1Sc2ccc(Br)cc2C(=O)C1C[N+](C)(C)CCC(=O)[O-]. The average Bonchev–Trinajstić information content (AvgIpc) is 2.42. The van der Waals surface area contributed by atoms with E-state index in [9.17, 15) is 14.7 Å². The fraction of sp³-hybridized carbons (Fsp3) is 0.500. The summed E-state index contributed by atoms with van der Waals surface area (Å²) in [7, 11) is 3.92. The van der Waals surface area contributed by atoms with Gasteiger partial charge in [-0.1, -0.05) is 22.9 Å². The van der Waals surface area contributed by atoms with Crippen LogP contribution in [0, 0.1) is 5.92 Å². The van der Waals surface area contributed by atoms with Gasteiger partial charge in [0.25, 0.3) is 0 Å². The predicted molar refractivity (Wildman–Crippen MR) is 88.7 cm³/mol. The van der Waals surface area contributed by atoms with Crippen molar-refractivity contribution in [2.75, 3.05) is 27.2 Å². The quantitative estimate of drug-likeness (QED) is 0.726. The molecule has 0 saturated carbocycles. The Kier molecular flexibility index (Phi) is 5.35. The van der Waals surface area contributed by atoms with Crippen molar-refractivity contribution < 1.29 is 19.2 Å². The third kappa shape index (κ3) is 4.12. The molecule has 0 N–H and O–H groups in total. The predicted octanol–water partition coefficient (Wildman–Crippen LogP) is 1.96. The zero-order valence-electron chi connectivity index (χ0n) is 13.0. The van der Waals surface area contributed by atoms with Crippen molar-refractivity contribution in [3.63, 3.8) is 0 Å². The first-order valence-electron chi connectivity index (χ1n) is 7.22. The van der Waals surface area contributed by atoms with Gasteiger partial charge < -0.3 is 14.4 Å². The second-order valence-electron chi connectivity index (χ2n) is 6.40. The highest BCUT2D eigenvalue weighted by atomic mass is 79.9. The van der Waals surface area contributed by atoms with Crippen LogP contribution < -0.4 is 5.11 Å². The molecule has 0 aliphatic carbocycles. The Morgan fingerprint density at radius 1 is 1.41 bits per heavy atom. The van der Waals surface area contributed by atoms with Gasteiger partial charge in [0.05, 0.1) is 33.1 Å². The molecule has 22 heavy (non-hydrogen) atoms. The number of carboxylic acid groups (broad SMARTS) is 1. The van der Waals surface area contributed by atoms with E-state index < -0.39 is 5.97 Å². The maximum atomic E-state index is 12.8. The van der Waals surface area contributed by atoms with Gasteiger partial charge in [-0.2, -0.15) is 0 Å². The number of hydrogen-bond acceptors (Lipinski definition) is 4. The van der Waals surface area contributed by atoms with E-state index in [1.165, 1.54) is 0 Å². The summed E-state index contributed by atoms with van der Waals surface area (Å²) in [4.78, 5) is 24.5. The number of carbonyl (C=O) groups excluding carboxylic acids is 2. The van der Waals surface area contributed by atoms with Gasteiger partial charge in [0.2, 0.25) is 0 Å². The lowest BCUT2D eigenvalue weighted by Crippen LogP contribution is -2.50. The normalized spacial score (nSPS) is 21.5. The number of halogens is 1. The smallest absolute Gasteiger partial charge is 0.173 e. The van der Waals surface area contributed by atoms with Crippen LogP contribution in [-0.4, -0.2) is 48.7 Å². The minimum absolute atomic E-state index is 0.0115. The summed E-state index contributed by atoms with van der Waals surface area (Å²) in [6, 6.07) is 5.81. The molecule has 2 atom stereocenters. The Hall–Kier alpha value is -0.850. The van der Waals surface area contributed by atoms with Crippen molar-refractivity contribution in [3.8, 4) is 0 Å². The Bertz CT molecular complexity index is 603. The third-order valence-electron chi connectivity index (χ3n) is 4.04. The number of thioether (sulfide) groups is 1. The van der Waals surface area contributed by atoms with E-state index in [0.717, 1.165) is 14.9 Å². The van der Waals surface area contributed by atoms with E-state index in [2.05, 4.69) is 22.9 Å². The van der Waals surface area contributed by atoms with Gasteiger partial charge in [-0.05, 0) is 18.2 Å². The van der Waals surface area contributed by atoms with Crippen LogP contribution in [0.4, 0.5) is 0 Å². The molecule has 1 aliphatic rings. The zero-order valence-corrected chi connectivity index (χ0v) is 15.4. The molecule has 0 aromatic heterocycles. The van der Waals surface area contributed by atoms with Crippen LogP contribution >= 0.6 is 27.7 Å². The van der Waals surface area contributed by atoms with Crippen LogP contribution in [0.15, 0.2) is 27.6 Å². The fourth-order valence-electron chi connectivity index (χ4n) is 2.74. The Balaban J connectivity index is 2.18. The highest BCUT2D eigenvalue weighted by Crippen LogP contribution is 2.40. The van der Waals surface area contributed by atoms with Crippen molar-refractivity contribution in [2.45, 2.75) is 23.5 Å².